The Bertz CT molecular complexity index is 393. The van der Waals surface area contributed by atoms with Crippen LogP contribution >= 0.6 is 0 Å². The Morgan fingerprint density at radius 2 is 1.89 bits per heavy atom. The van der Waals surface area contributed by atoms with Gasteiger partial charge in [-0.15, -0.1) is 0 Å². The van der Waals surface area contributed by atoms with Gasteiger partial charge in [-0.2, -0.15) is 0 Å². The van der Waals surface area contributed by atoms with E-state index in [0.29, 0.717) is 12.1 Å². The van der Waals surface area contributed by atoms with E-state index in [9.17, 15) is 9.18 Å². The quantitative estimate of drug-likeness (QED) is 0.764. The van der Waals surface area contributed by atoms with Crippen molar-refractivity contribution in [2.45, 2.75) is 26.2 Å². The number of likely N-dealkylation sites (tertiary alicyclic amines) is 1. The van der Waals surface area contributed by atoms with Crippen molar-refractivity contribution in [3.63, 3.8) is 0 Å². The third-order valence-corrected chi connectivity index (χ3v) is 3.82. The molecular formula is C15H20FNO. The predicted octanol–water partition coefficient (Wildman–Crippen LogP) is 3.13. The number of carbonyl (C=O) groups is 1. The maximum atomic E-state index is 12.8. The van der Waals surface area contributed by atoms with Crippen LogP contribution in [0.25, 0.3) is 0 Å². The van der Waals surface area contributed by atoms with Crippen LogP contribution in [-0.4, -0.2) is 30.3 Å². The standard InChI is InChI=1S/C15H20FNO/c1-2-12-7-9-17(10-8-12)11-15(18)13-3-5-14(16)6-4-13/h3-6,12H,2,7-11H2,1H3. The van der Waals surface area contributed by atoms with Gasteiger partial charge >= 0.3 is 0 Å². The first-order valence-corrected chi connectivity index (χ1v) is 6.70. The molecule has 0 aliphatic carbocycles. The van der Waals surface area contributed by atoms with Crippen LogP contribution in [0.4, 0.5) is 4.39 Å². The minimum atomic E-state index is -0.296. The van der Waals surface area contributed by atoms with Gasteiger partial charge in [0.25, 0.3) is 0 Å². The van der Waals surface area contributed by atoms with Gasteiger partial charge in [-0.1, -0.05) is 13.3 Å². The molecule has 0 N–H and O–H groups in total. The zero-order valence-electron chi connectivity index (χ0n) is 10.9. The first-order chi connectivity index (χ1) is 8.69. The zero-order chi connectivity index (χ0) is 13.0. The van der Waals surface area contributed by atoms with Crippen molar-refractivity contribution < 1.29 is 9.18 Å². The van der Waals surface area contributed by atoms with Crippen molar-refractivity contribution >= 4 is 5.78 Å². The highest BCUT2D eigenvalue weighted by molar-refractivity contribution is 5.97. The number of nitrogens with zero attached hydrogens (tertiary/aromatic N) is 1. The molecule has 1 saturated heterocycles. The third kappa shape index (κ3) is 3.39. The van der Waals surface area contributed by atoms with Gasteiger partial charge in [-0.05, 0) is 56.1 Å². The van der Waals surface area contributed by atoms with Crippen LogP contribution in [0.2, 0.25) is 0 Å². The smallest absolute Gasteiger partial charge is 0.176 e. The van der Waals surface area contributed by atoms with Gasteiger partial charge in [-0.25, -0.2) is 4.39 Å². The van der Waals surface area contributed by atoms with E-state index in [2.05, 4.69) is 11.8 Å². The number of ketones is 1. The van der Waals surface area contributed by atoms with Crippen molar-refractivity contribution in [3.05, 3.63) is 35.6 Å². The molecule has 1 heterocycles. The van der Waals surface area contributed by atoms with E-state index >= 15 is 0 Å². The number of hydrogen-bond acceptors (Lipinski definition) is 2. The van der Waals surface area contributed by atoms with E-state index < -0.39 is 0 Å². The van der Waals surface area contributed by atoms with E-state index in [0.717, 1.165) is 19.0 Å². The molecule has 1 aromatic rings. The lowest BCUT2D eigenvalue weighted by Crippen LogP contribution is -2.37. The molecule has 1 aliphatic heterocycles. The largest absolute Gasteiger partial charge is 0.296 e. The summed E-state index contributed by atoms with van der Waals surface area (Å²) < 4.78 is 12.8. The normalized spacial score (nSPS) is 17.9. The van der Waals surface area contributed by atoms with E-state index in [1.54, 1.807) is 12.1 Å². The highest BCUT2D eigenvalue weighted by Crippen LogP contribution is 2.20. The molecule has 0 spiro atoms. The fourth-order valence-electron chi connectivity index (χ4n) is 2.48. The summed E-state index contributed by atoms with van der Waals surface area (Å²) in [5, 5.41) is 0. The predicted molar refractivity (Wildman–Crippen MR) is 70.2 cm³/mol. The van der Waals surface area contributed by atoms with Crippen LogP contribution in [0.3, 0.4) is 0 Å². The molecule has 2 nitrogen and oxygen atoms in total. The summed E-state index contributed by atoms with van der Waals surface area (Å²) in [7, 11) is 0. The minimum Gasteiger partial charge on any atom is -0.296 e. The van der Waals surface area contributed by atoms with Gasteiger partial charge in [0.2, 0.25) is 0 Å². The first-order valence-electron chi connectivity index (χ1n) is 6.70. The zero-order valence-corrected chi connectivity index (χ0v) is 10.9. The summed E-state index contributed by atoms with van der Waals surface area (Å²) in [6.45, 7) is 4.70. The second-order valence-electron chi connectivity index (χ2n) is 5.06. The van der Waals surface area contributed by atoms with Gasteiger partial charge in [0.15, 0.2) is 5.78 Å². The van der Waals surface area contributed by atoms with Crippen LogP contribution in [-0.2, 0) is 0 Å². The van der Waals surface area contributed by atoms with Gasteiger partial charge in [-0.3, -0.25) is 9.69 Å². The Hall–Kier alpha value is -1.22. The molecule has 0 amide bonds. The Kier molecular flexibility index (Phi) is 4.48. The van der Waals surface area contributed by atoms with Crippen molar-refractivity contribution in [1.29, 1.82) is 0 Å². The molecular weight excluding hydrogens is 229 g/mol. The second-order valence-corrected chi connectivity index (χ2v) is 5.06. The average Bonchev–Trinajstić information content (AvgIpc) is 2.40. The summed E-state index contributed by atoms with van der Waals surface area (Å²) >= 11 is 0. The molecule has 0 radical (unpaired) electrons. The Labute approximate surface area is 108 Å². The monoisotopic (exact) mass is 249 g/mol. The van der Waals surface area contributed by atoms with Crippen LogP contribution in [0, 0.1) is 11.7 Å². The Morgan fingerprint density at radius 3 is 2.44 bits per heavy atom. The lowest BCUT2D eigenvalue weighted by molar-refractivity contribution is 0.0894. The number of Topliss-reactive ketones (excluding diaryl/α,β-unsaturated/α-hetero) is 1. The van der Waals surface area contributed by atoms with Crippen molar-refractivity contribution in [2.24, 2.45) is 5.92 Å². The molecule has 0 unspecified atom stereocenters. The van der Waals surface area contributed by atoms with Crippen LogP contribution in [0.1, 0.15) is 36.5 Å². The fourth-order valence-corrected chi connectivity index (χ4v) is 2.48. The second kappa shape index (κ2) is 6.10. The number of hydrogen-bond donors (Lipinski definition) is 0. The summed E-state index contributed by atoms with van der Waals surface area (Å²) in [5.74, 6) is 0.613. The van der Waals surface area contributed by atoms with E-state index in [-0.39, 0.29) is 11.6 Å². The third-order valence-electron chi connectivity index (χ3n) is 3.82. The summed E-state index contributed by atoms with van der Waals surface area (Å²) in [5.41, 5.74) is 0.606. The number of benzene rings is 1. The molecule has 2 rings (SSSR count). The molecule has 0 atom stereocenters. The lowest BCUT2D eigenvalue weighted by Gasteiger charge is -2.30. The van der Waals surface area contributed by atoms with Crippen molar-refractivity contribution in [2.75, 3.05) is 19.6 Å². The Balaban J connectivity index is 1.86. The molecule has 0 saturated carbocycles. The Morgan fingerprint density at radius 1 is 1.28 bits per heavy atom. The van der Waals surface area contributed by atoms with Crippen LogP contribution in [0.15, 0.2) is 24.3 Å². The highest BCUT2D eigenvalue weighted by atomic mass is 19.1. The number of rotatable bonds is 4. The van der Waals surface area contributed by atoms with Gasteiger partial charge in [0.05, 0.1) is 6.54 Å². The maximum absolute atomic E-state index is 12.8. The first kappa shape index (κ1) is 13.2. The highest BCUT2D eigenvalue weighted by Gasteiger charge is 2.19. The van der Waals surface area contributed by atoms with E-state index in [1.807, 2.05) is 0 Å². The molecule has 1 aromatic carbocycles. The topological polar surface area (TPSA) is 20.3 Å². The maximum Gasteiger partial charge on any atom is 0.176 e. The molecule has 0 aromatic heterocycles. The minimum absolute atomic E-state index is 0.0879. The van der Waals surface area contributed by atoms with Crippen LogP contribution < -0.4 is 0 Å². The number of piperidine rings is 1. The van der Waals surface area contributed by atoms with Crippen LogP contribution in [0.5, 0.6) is 0 Å². The van der Waals surface area contributed by atoms with E-state index in [4.69, 9.17) is 0 Å². The molecule has 1 aliphatic rings. The number of halogens is 1. The van der Waals surface area contributed by atoms with Crippen molar-refractivity contribution in [1.82, 2.24) is 4.90 Å². The summed E-state index contributed by atoms with van der Waals surface area (Å²) in [4.78, 5) is 14.2. The van der Waals surface area contributed by atoms with E-state index in [1.165, 1.54) is 31.4 Å². The molecule has 3 heteroatoms. The summed E-state index contributed by atoms with van der Waals surface area (Å²) in [6.07, 6.45) is 3.61. The van der Waals surface area contributed by atoms with Crippen molar-refractivity contribution in [3.8, 4) is 0 Å². The summed E-state index contributed by atoms with van der Waals surface area (Å²) in [6, 6.07) is 5.82. The van der Waals surface area contributed by atoms with Gasteiger partial charge in [0.1, 0.15) is 5.82 Å². The molecule has 18 heavy (non-hydrogen) atoms. The molecule has 0 bridgehead atoms. The fraction of sp³-hybridized carbons (Fsp3) is 0.533. The number of carbonyl (C=O) groups excluding carboxylic acids is 1. The lowest BCUT2D eigenvalue weighted by atomic mass is 9.94. The SMILES string of the molecule is CCC1CCN(CC(=O)c2ccc(F)cc2)CC1. The molecule has 1 fully saturated rings. The average molecular weight is 249 g/mol. The molecule has 98 valence electrons. The van der Waals surface area contributed by atoms with Gasteiger partial charge in [0, 0.05) is 5.56 Å². The van der Waals surface area contributed by atoms with Gasteiger partial charge < -0.3 is 0 Å².